The Kier molecular flexibility index (Phi) is 5.40. The van der Waals surface area contributed by atoms with Crippen molar-refractivity contribution >= 4 is 11.8 Å². The Morgan fingerprint density at radius 3 is 2.23 bits per heavy atom. The summed E-state index contributed by atoms with van der Waals surface area (Å²) in [5.41, 5.74) is -1.07. The van der Waals surface area contributed by atoms with Gasteiger partial charge in [0.15, 0.2) is 0 Å². The molecule has 0 radical (unpaired) electrons. The molecular weight excluding hydrogens is 306 g/mol. The van der Waals surface area contributed by atoms with E-state index in [-0.39, 0.29) is 19.7 Å². The molecule has 0 fully saturated rings. The molecule has 0 saturated carbocycles. The van der Waals surface area contributed by atoms with Crippen LogP contribution in [0.15, 0.2) is 43.5 Å². The van der Waals surface area contributed by atoms with Crippen LogP contribution in [0.3, 0.4) is 0 Å². The van der Waals surface area contributed by atoms with Gasteiger partial charge in [0.25, 0.3) is 0 Å². The largest absolute Gasteiger partial charge is 0.395 e. The number of benzene rings is 1. The van der Waals surface area contributed by atoms with Crippen LogP contribution in [0.5, 0.6) is 0 Å². The first-order valence-corrected chi connectivity index (χ1v) is 7.76. The highest BCUT2D eigenvalue weighted by Gasteiger charge is 2.09. The third-order valence-corrected chi connectivity index (χ3v) is 4.09. The summed E-state index contributed by atoms with van der Waals surface area (Å²) in [5.74, 6) is 0.517. The Balaban J connectivity index is 2.14. The maximum Gasteiger partial charge on any atom is 0.336 e. The highest BCUT2D eigenvalue weighted by Crippen LogP contribution is 2.17. The van der Waals surface area contributed by atoms with Gasteiger partial charge >= 0.3 is 17.1 Å². The number of rotatable bonds is 6. The van der Waals surface area contributed by atoms with Gasteiger partial charge in [0, 0.05) is 17.2 Å². The summed E-state index contributed by atoms with van der Waals surface area (Å²) in [6.07, 6.45) is 0. The van der Waals surface area contributed by atoms with Gasteiger partial charge in [0.05, 0.1) is 13.2 Å². The number of nitrogens with zero attached hydrogens (tertiary/aromatic N) is 2. The van der Waals surface area contributed by atoms with E-state index in [0.717, 1.165) is 19.6 Å². The molecule has 118 valence electrons. The molecule has 7 nitrogen and oxygen atoms in total. The van der Waals surface area contributed by atoms with Crippen molar-refractivity contribution in [3.05, 3.63) is 61.3 Å². The molecule has 0 unspecified atom stereocenters. The molecule has 1 aromatic carbocycles. The Morgan fingerprint density at radius 2 is 1.64 bits per heavy atom. The summed E-state index contributed by atoms with van der Waals surface area (Å²) in [4.78, 5) is 38.4. The minimum atomic E-state index is -0.800. The summed E-state index contributed by atoms with van der Waals surface area (Å²) in [7, 11) is 0. The summed E-state index contributed by atoms with van der Waals surface area (Å²) in [6, 6.07) is 7.92. The van der Waals surface area contributed by atoms with Crippen molar-refractivity contribution in [2.24, 2.45) is 0 Å². The molecular formula is C14H17N3O4S. The van der Waals surface area contributed by atoms with Gasteiger partial charge < -0.3 is 5.11 Å². The molecule has 0 aliphatic heterocycles. The molecule has 22 heavy (non-hydrogen) atoms. The zero-order chi connectivity index (χ0) is 16.1. The van der Waals surface area contributed by atoms with Gasteiger partial charge in [-0.25, -0.2) is 23.5 Å². The van der Waals surface area contributed by atoms with E-state index in [4.69, 9.17) is 5.11 Å². The predicted molar refractivity (Wildman–Crippen MR) is 84.6 cm³/mol. The highest BCUT2D eigenvalue weighted by molar-refractivity contribution is 7.99. The van der Waals surface area contributed by atoms with Crippen LogP contribution in [0.25, 0.3) is 0 Å². The van der Waals surface area contributed by atoms with E-state index in [1.807, 2.05) is 31.2 Å². The van der Waals surface area contributed by atoms with Crippen LogP contribution in [0, 0.1) is 6.92 Å². The van der Waals surface area contributed by atoms with E-state index >= 15 is 0 Å². The lowest BCUT2D eigenvalue weighted by Gasteiger charge is -2.08. The zero-order valence-corrected chi connectivity index (χ0v) is 12.9. The maximum absolute atomic E-state index is 12.1. The number of hydrogen-bond acceptors (Lipinski definition) is 5. The van der Waals surface area contributed by atoms with E-state index in [1.54, 1.807) is 0 Å². The second kappa shape index (κ2) is 7.28. The van der Waals surface area contributed by atoms with Crippen LogP contribution in [0.1, 0.15) is 5.56 Å². The summed E-state index contributed by atoms with van der Waals surface area (Å²) in [6.45, 7) is 1.69. The van der Waals surface area contributed by atoms with Crippen molar-refractivity contribution in [2.45, 2.75) is 24.9 Å². The number of aliphatic hydroxyl groups excluding tert-OH is 1. The molecule has 0 aliphatic rings. The van der Waals surface area contributed by atoms with Gasteiger partial charge in [-0.3, -0.25) is 4.98 Å². The van der Waals surface area contributed by atoms with Gasteiger partial charge in [0.2, 0.25) is 0 Å². The fourth-order valence-corrected chi connectivity index (χ4v) is 2.77. The van der Waals surface area contributed by atoms with Crippen LogP contribution in [-0.4, -0.2) is 31.6 Å². The van der Waals surface area contributed by atoms with E-state index in [1.165, 1.54) is 11.8 Å². The fraction of sp³-hybridized carbons (Fsp3) is 0.357. The second-order valence-corrected chi connectivity index (χ2v) is 5.87. The molecule has 2 aromatic rings. The van der Waals surface area contributed by atoms with Crippen molar-refractivity contribution in [1.29, 1.82) is 0 Å². The number of aliphatic hydroxyl groups is 1. The van der Waals surface area contributed by atoms with Crippen LogP contribution in [0.2, 0.25) is 0 Å². The lowest BCUT2D eigenvalue weighted by atomic mass is 10.2. The number of aromatic nitrogens is 3. The Morgan fingerprint density at radius 1 is 1.05 bits per heavy atom. The number of aryl methyl sites for hydroxylation is 1. The average Bonchev–Trinajstić information content (AvgIpc) is 2.49. The Hall–Kier alpha value is -2.06. The van der Waals surface area contributed by atoms with E-state index in [9.17, 15) is 14.4 Å². The third-order valence-electron chi connectivity index (χ3n) is 3.09. The first-order chi connectivity index (χ1) is 10.5. The monoisotopic (exact) mass is 323 g/mol. The lowest BCUT2D eigenvalue weighted by Crippen LogP contribution is -2.50. The molecule has 0 saturated heterocycles. The number of H-pyrrole nitrogens is 1. The molecule has 0 bridgehead atoms. The lowest BCUT2D eigenvalue weighted by molar-refractivity contribution is 0.268. The first-order valence-electron chi connectivity index (χ1n) is 6.77. The van der Waals surface area contributed by atoms with Gasteiger partial charge in [-0.15, -0.1) is 11.8 Å². The van der Waals surface area contributed by atoms with Gasteiger partial charge in [-0.05, 0) is 19.1 Å². The standard InChI is InChI=1S/C14H17N3O4S/c1-10-2-4-11(5-3-10)22-9-7-17-13(20)15-12(19)16(6-8-18)14(17)21/h2-5,18H,6-9H2,1H3,(H,15,19,20). The second-order valence-electron chi connectivity index (χ2n) is 4.71. The zero-order valence-electron chi connectivity index (χ0n) is 12.1. The topological polar surface area (TPSA) is 97.1 Å². The quantitative estimate of drug-likeness (QED) is 0.717. The molecule has 0 aliphatic carbocycles. The van der Waals surface area contributed by atoms with E-state index in [2.05, 4.69) is 4.98 Å². The van der Waals surface area contributed by atoms with Crippen molar-refractivity contribution in [1.82, 2.24) is 14.1 Å². The molecule has 0 spiro atoms. The molecule has 2 rings (SSSR count). The molecule has 2 N–H and O–H groups in total. The van der Waals surface area contributed by atoms with Gasteiger partial charge in [-0.2, -0.15) is 0 Å². The summed E-state index contributed by atoms with van der Waals surface area (Å²) < 4.78 is 1.79. The molecule has 1 aromatic heterocycles. The van der Waals surface area contributed by atoms with Crippen molar-refractivity contribution in [3.8, 4) is 0 Å². The average molecular weight is 323 g/mol. The minimum absolute atomic E-state index is 0.139. The minimum Gasteiger partial charge on any atom is -0.395 e. The van der Waals surface area contributed by atoms with Crippen LogP contribution >= 0.6 is 11.8 Å². The van der Waals surface area contributed by atoms with Crippen LogP contribution in [-0.2, 0) is 13.1 Å². The Bertz CT molecular complexity index is 805. The Labute approximate surface area is 130 Å². The first kappa shape index (κ1) is 16.3. The van der Waals surface area contributed by atoms with Crippen molar-refractivity contribution in [3.63, 3.8) is 0 Å². The normalized spacial score (nSPS) is 10.8. The fourth-order valence-electron chi connectivity index (χ4n) is 1.93. The molecule has 0 atom stereocenters. The third kappa shape index (κ3) is 3.77. The number of nitrogens with one attached hydrogen (secondary N) is 1. The molecule has 0 amide bonds. The smallest absolute Gasteiger partial charge is 0.336 e. The molecule has 1 heterocycles. The van der Waals surface area contributed by atoms with Crippen molar-refractivity contribution in [2.75, 3.05) is 12.4 Å². The maximum atomic E-state index is 12.1. The summed E-state index contributed by atoms with van der Waals surface area (Å²) >= 11 is 1.52. The molecule has 8 heteroatoms. The SMILES string of the molecule is Cc1ccc(SCCn2c(=O)[nH]c(=O)n(CCO)c2=O)cc1. The predicted octanol–water partition coefficient (Wildman–Crippen LogP) is -0.209. The van der Waals surface area contributed by atoms with E-state index in [0.29, 0.717) is 5.75 Å². The van der Waals surface area contributed by atoms with Crippen molar-refractivity contribution < 1.29 is 5.11 Å². The number of aromatic amines is 1. The van der Waals surface area contributed by atoms with Crippen LogP contribution in [0.4, 0.5) is 0 Å². The summed E-state index contributed by atoms with van der Waals surface area (Å²) in [5, 5.41) is 8.87. The number of hydrogen-bond donors (Lipinski definition) is 2. The highest BCUT2D eigenvalue weighted by atomic mass is 32.2. The van der Waals surface area contributed by atoms with Crippen LogP contribution < -0.4 is 17.1 Å². The van der Waals surface area contributed by atoms with Gasteiger partial charge in [0.1, 0.15) is 0 Å². The van der Waals surface area contributed by atoms with Gasteiger partial charge in [-0.1, -0.05) is 17.7 Å². The van der Waals surface area contributed by atoms with E-state index < -0.39 is 17.1 Å². The number of thioether (sulfide) groups is 1.